The van der Waals surface area contributed by atoms with Crippen LogP contribution in [0.1, 0.15) is 62.4 Å². The van der Waals surface area contributed by atoms with Crippen LogP contribution in [0.3, 0.4) is 0 Å². The van der Waals surface area contributed by atoms with Crippen molar-refractivity contribution in [1.82, 2.24) is 0 Å². The summed E-state index contributed by atoms with van der Waals surface area (Å²) in [5.74, 6) is 1.68. The number of methoxy groups -OCH3 is 2. The number of rotatable bonds is 12. The quantitative estimate of drug-likeness (QED) is 0.120. The Kier molecular flexibility index (Phi) is 14.7. The SMILES string of the molecule is CC.[CH2-]C1Cc2ccccc2N1C(=O)c1cc(OC)c(OCc2cc(C)cc(COc3cc(NC)c(C(=O)N4CCc5ccccc54)cc3OC)c2)cc1NC.[Y]. The average Bonchev–Trinajstić information content (AvgIpc) is 3.82. The summed E-state index contributed by atoms with van der Waals surface area (Å²) in [6, 6.07) is 28.9. The largest absolute Gasteiger partial charge is 0.493 e. The Labute approximate surface area is 361 Å². The summed E-state index contributed by atoms with van der Waals surface area (Å²) in [6.45, 7) is 11.4. The minimum absolute atomic E-state index is 0. The number of carbonyl (C=O) groups is 2. The molecular formula is C46H51N4O6Y-. The van der Waals surface area contributed by atoms with E-state index in [1.54, 1.807) is 51.4 Å². The molecule has 2 aliphatic rings. The minimum atomic E-state index is -0.213. The number of amides is 2. The second kappa shape index (κ2) is 19.4. The molecule has 0 aromatic heterocycles. The number of carbonyl (C=O) groups excluding carboxylic acids is 2. The van der Waals surface area contributed by atoms with Gasteiger partial charge in [0.25, 0.3) is 11.8 Å². The molecule has 0 spiro atoms. The van der Waals surface area contributed by atoms with E-state index in [2.05, 4.69) is 35.8 Å². The van der Waals surface area contributed by atoms with Crippen LogP contribution in [0.15, 0.2) is 91.0 Å². The maximum absolute atomic E-state index is 13.9. The van der Waals surface area contributed by atoms with Gasteiger partial charge in [-0.25, -0.2) is 0 Å². The van der Waals surface area contributed by atoms with Crippen LogP contribution in [-0.4, -0.2) is 52.7 Å². The Morgan fingerprint density at radius 2 is 1.21 bits per heavy atom. The first-order valence-corrected chi connectivity index (χ1v) is 19.0. The zero-order valence-corrected chi connectivity index (χ0v) is 36.7. The molecule has 1 unspecified atom stereocenters. The van der Waals surface area contributed by atoms with Crippen molar-refractivity contribution in [1.29, 1.82) is 0 Å². The molecule has 295 valence electrons. The first-order valence-electron chi connectivity index (χ1n) is 19.0. The van der Waals surface area contributed by atoms with Crippen LogP contribution < -0.4 is 39.4 Å². The van der Waals surface area contributed by atoms with Crippen molar-refractivity contribution >= 4 is 34.6 Å². The van der Waals surface area contributed by atoms with Crippen LogP contribution >= 0.6 is 0 Å². The summed E-state index contributed by atoms with van der Waals surface area (Å²) in [7, 11) is 6.70. The van der Waals surface area contributed by atoms with E-state index in [1.807, 2.05) is 80.3 Å². The van der Waals surface area contributed by atoms with Gasteiger partial charge in [-0.3, -0.25) is 9.59 Å². The number of hydrogen-bond donors (Lipinski definition) is 2. The second-order valence-corrected chi connectivity index (χ2v) is 13.5. The monoisotopic (exact) mass is 844 g/mol. The number of anilines is 4. The minimum Gasteiger partial charge on any atom is -0.493 e. The number of aryl methyl sites for hydroxylation is 1. The molecule has 0 fully saturated rings. The summed E-state index contributed by atoms with van der Waals surface area (Å²) in [6.07, 6.45) is 1.52. The Balaban J connectivity index is 0.00000204. The normalized spacial score (nSPS) is 13.6. The van der Waals surface area contributed by atoms with Gasteiger partial charge in [-0.1, -0.05) is 74.0 Å². The van der Waals surface area contributed by atoms with Crippen molar-refractivity contribution in [2.75, 3.05) is 55.3 Å². The maximum Gasteiger partial charge on any atom is 0.260 e. The van der Waals surface area contributed by atoms with Crippen molar-refractivity contribution in [2.45, 2.75) is 52.9 Å². The van der Waals surface area contributed by atoms with Gasteiger partial charge in [0.1, 0.15) is 13.2 Å². The van der Waals surface area contributed by atoms with Crippen LogP contribution in [0.25, 0.3) is 0 Å². The molecule has 0 saturated carbocycles. The molecule has 2 amide bonds. The van der Waals surface area contributed by atoms with Gasteiger partial charge in [0.05, 0.1) is 36.7 Å². The molecule has 1 atom stereocenters. The number of nitrogens with zero attached hydrogens (tertiary/aromatic N) is 2. The van der Waals surface area contributed by atoms with E-state index >= 15 is 0 Å². The fraction of sp³-hybridized carbons (Fsp3) is 0.283. The molecule has 10 nitrogen and oxygen atoms in total. The Bertz CT molecular complexity index is 2230. The van der Waals surface area contributed by atoms with E-state index in [9.17, 15) is 9.59 Å². The molecule has 0 aliphatic carbocycles. The number of para-hydroxylation sites is 2. The van der Waals surface area contributed by atoms with E-state index < -0.39 is 0 Å². The smallest absolute Gasteiger partial charge is 0.260 e. The van der Waals surface area contributed by atoms with Crippen LogP contribution in [-0.2, 0) is 58.8 Å². The molecule has 0 bridgehead atoms. The summed E-state index contributed by atoms with van der Waals surface area (Å²) < 4.78 is 24.1. The molecule has 57 heavy (non-hydrogen) atoms. The van der Waals surface area contributed by atoms with Crippen LogP contribution in [0, 0.1) is 13.8 Å². The fourth-order valence-electron chi connectivity index (χ4n) is 7.43. The summed E-state index contributed by atoms with van der Waals surface area (Å²) in [5, 5.41) is 6.34. The van der Waals surface area contributed by atoms with Gasteiger partial charge >= 0.3 is 0 Å². The summed E-state index contributed by atoms with van der Waals surface area (Å²) in [5.41, 5.74) is 9.25. The predicted octanol–water partition coefficient (Wildman–Crippen LogP) is 8.89. The number of hydrogen-bond acceptors (Lipinski definition) is 8. The second-order valence-electron chi connectivity index (χ2n) is 13.5. The predicted molar refractivity (Wildman–Crippen MR) is 224 cm³/mol. The summed E-state index contributed by atoms with van der Waals surface area (Å²) >= 11 is 0. The van der Waals surface area contributed by atoms with E-state index in [1.165, 1.54) is 0 Å². The summed E-state index contributed by atoms with van der Waals surface area (Å²) in [4.78, 5) is 31.3. The number of ether oxygens (including phenoxy) is 4. The van der Waals surface area contributed by atoms with Crippen LogP contribution in [0.4, 0.5) is 22.7 Å². The number of fused-ring (bicyclic) bond motifs is 2. The maximum atomic E-state index is 13.9. The molecule has 0 saturated heterocycles. The first kappa shape index (κ1) is 43.1. The van der Waals surface area contributed by atoms with Gasteiger partial charge < -0.3 is 46.3 Å². The van der Waals surface area contributed by atoms with Crippen molar-refractivity contribution < 1.29 is 61.2 Å². The van der Waals surface area contributed by atoms with Crippen molar-refractivity contribution in [3.63, 3.8) is 0 Å². The molecule has 2 aliphatic heterocycles. The number of nitrogens with one attached hydrogen (secondary N) is 2. The third kappa shape index (κ3) is 9.08. The molecule has 11 heteroatoms. The zero-order valence-electron chi connectivity index (χ0n) is 33.9. The van der Waals surface area contributed by atoms with Gasteiger partial charge in [0.15, 0.2) is 23.0 Å². The molecule has 2 N–H and O–H groups in total. The van der Waals surface area contributed by atoms with Crippen LogP contribution in [0.5, 0.6) is 23.0 Å². The topological polar surface area (TPSA) is 102 Å². The first-order chi connectivity index (χ1) is 27.2. The fourth-order valence-corrected chi connectivity index (χ4v) is 7.43. The molecule has 7 rings (SSSR count). The van der Waals surface area contributed by atoms with E-state index in [4.69, 9.17) is 18.9 Å². The molecule has 2 heterocycles. The van der Waals surface area contributed by atoms with E-state index in [-0.39, 0.29) is 63.8 Å². The third-order valence-electron chi connectivity index (χ3n) is 10.0. The van der Waals surface area contributed by atoms with Gasteiger partial charge in [-0.2, -0.15) is 0 Å². The molecular weight excluding hydrogens is 793 g/mol. The number of benzene rings is 5. The van der Waals surface area contributed by atoms with Gasteiger partial charge in [0.2, 0.25) is 0 Å². The van der Waals surface area contributed by atoms with Crippen molar-refractivity contribution in [2.24, 2.45) is 0 Å². The molecule has 5 aromatic carbocycles. The average molecular weight is 845 g/mol. The molecule has 1 radical (unpaired) electrons. The molecule has 5 aromatic rings. The van der Waals surface area contributed by atoms with Gasteiger partial charge in [-0.15, -0.1) is 0 Å². The van der Waals surface area contributed by atoms with Gasteiger partial charge in [-0.05, 0) is 72.4 Å². The Morgan fingerprint density at radius 1 is 0.702 bits per heavy atom. The van der Waals surface area contributed by atoms with Crippen LogP contribution in [0.2, 0.25) is 0 Å². The zero-order chi connectivity index (χ0) is 39.9. The standard InChI is InChI=1S/C44H45N4O6.C2H6.Y/c1-27-17-29(25-53-41-23-35(45-3)33(21-39(41)51-5)43(49)47-16-15-31-11-7-9-13-37(31)47)20-30(18-27)26-54-42-24-36(46-4)34(22-40(42)52-6)44(50)48-28(2)19-32-12-8-10-14-38(32)48;1-2;/h7-14,17-18,20-24,28,45-46H,2,15-16,19,25-26H2,1,3-6H3;1-2H3;/q-1;;. The Hall–Kier alpha value is -5.06. The van der Waals surface area contributed by atoms with E-state index in [0.29, 0.717) is 58.5 Å². The third-order valence-corrected chi connectivity index (χ3v) is 10.0. The van der Waals surface area contributed by atoms with Crippen molar-refractivity contribution in [3.05, 3.63) is 137 Å². The van der Waals surface area contributed by atoms with Crippen molar-refractivity contribution in [3.8, 4) is 23.0 Å². The Morgan fingerprint density at radius 3 is 1.75 bits per heavy atom. The van der Waals surface area contributed by atoms with E-state index in [0.717, 1.165) is 45.6 Å². The van der Waals surface area contributed by atoms with Gasteiger partial charge in [0, 0.05) is 76.9 Å².